The van der Waals surface area contributed by atoms with E-state index in [1.165, 1.54) is 27.6 Å². The summed E-state index contributed by atoms with van der Waals surface area (Å²) in [5, 5.41) is 1.26. The average molecular weight is 384 g/mol. The Hall–Kier alpha value is -2.71. The SMILES string of the molecule is Brc1cccc(-c2cccc(-c3cc4c5c(cccc5n3)C=C4)c2)c1. The van der Waals surface area contributed by atoms with Crippen LogP contribution in [0, 0.1) is 0 Å². The van der Waals surface area contributed by atoms with Gasteiger partial charge in [0.05, 0.1) is 11.2 Å². The summed E-state index contributed by atoms with van der Waals surface area (Å²) < 4.78 is 1.09. The molecule has 0 fully saturated rings. The minimum Gasteiger partial charge on any atom is -0.248 e. The van der Waals surface area contributed by atoms with Crippen molar-refractivity contribution in [3.8, 4) is 22.4 Å². The zero-order valence-corrected chi connectivity index (χ0v) is 15.0. The molecule has 1 aromatic heterocycles. The van der Waals surface area contributed by atoms with Crippen LogP contribution < -0.4 is 0 Å². The highest BCUT2D eigenvalue weighted by atomic mass is 79.9. The molecule has 1 heterocycles. The Labute approximate surface area is 154 Å². The smallest absolute Gasteiger partial charge is 0.0721 e. The number of hydrogen-bond donors (Lipinski definition) is 0. The molecule has 0 saturated carbocycles. The number of aromatic nitrogens is 1. The van der Waals surface area contributed by atoms with Gasteiger partial charge in [0.1, 0.15) is 0 Å². The van der Waals surface area contributed by atoms with E-state index >= 15 is 0 Å². The Balaban J connectivity index is 1.67. The van der Waals surface area contributed by atoms with E-state index in [9.17, 15) is 0 Å². The largest absolute Gasteiger partial charge is 0.248 e. The quantitative estimate of drug-likeness (QED) is 0.326. The van der Waals surface area contributed by atoms with Crippen molar-refractivity contribution in [1.82, 2.24) is 4.98 Å². The van der Waals surface area contributed by atoms with E-state index in [4.69, 9.17) is 4.98 Å². The third kappa shape index (κ3) is 2.50. The average Bonchev–Trinajstić information content (AvgIpc) is 3.07. The van der Waals surface area contributed by atoms with Crippen LogP contribution in [0.5, 0.6) is 0 Å². The summed E-state index contributed by atoms with van der Waals surface area (Å²) in [5.74, 6) is 0. The van der Waals surface area contributed by atoms with Gasteiger partial charge in [0.25, 0.3) is 0 Å². The number of halogens is 1. The highest BCUT2D eigenvalue weighted by Crippen LogP contribution is 2.34. The second-order valence-corrected chi connectivity index (χ2v) is 7.18. The molecule has 0 bridgehead atoms. The zero-order chi connectivity index (χ0) is 16.8. The van der Waals surface area contributed by atoms with Crippen molar-refractivity contribution in [3.05, 3.63) is 88.4 Å². The van der Waals surface area contributed by atoms with Gasteiger partial charge in [-0.2, -0.15) is 0 Å². The van der Waals surface area contributed by atoms with Crippen LogP contribution in [-0.2, 0) is 0 Å². The molecule has 3 aromatic carbocycles. The molecule has 1 nitrogen and oxygen atoms in total. The first kappa shape index (κ1) is 14.6. The molecule has 2 heteroatoms. The number of rotatable bonds is 2. The van der Waals surface area contributed by atoms with E-state index in [1.807, 2.05) is 6.07 Å². The molecule has 4 aromatic rings. The highest BCUT2D eigenvalue weighted by Gasteiger charge is 2.12. The van der Waals surface area contributed by atoms with Crippen molar-refractivity contribution in [3.63, 3.8) is 0 Å². The van der Waals surface area contributed by atoms with Gasteiger partial charge in [-0.15, -0.1) is 0 Å². The van der Waals surface area contributed by atoms with E-state index in [0.717, 1.165) is 21.2 Å². The lowest BCUT2D eigenvalue weighted by Gasteiger charge is -2.09. The lowest BCUT2D eigenvalue weighted by atomic mass is 10.00. The van der Waals surface area contributed by atoms with Gasteiger partial charge in [-0.05, 0) is 52.6 Å². The maximum atomic E-state index is 4.91. The molecule has 0 unspecified atom stereocenters. The first-order valence-corrected chi connectivity index (χ1v) is 9.05. The van der Waals surface area contributed by atoms with Gasteiger partial charge in [0.2, 0.25) is 0 Å². The summed E-state index contributed by atoms with van der Waals surface area (Å²) in [4.78, 5) is 4.91. The molecule has 25 heavy (non-hydrogen) atoms. The fourth-order valence-corrected chi connectivity index (χ4v) is 3.87. The fourth-order valence-electron chi connectivity index (χ4n) is 3.47. The lowest BCUT2D eigenvalue weighted by Crippen LogP contribution is -1.89. The summed E-state index contributed by atoms with van der Waals surface area (Å²) in [7, 11) is 0. The number of hydrogen-bond acceptors (Lipinski definition) is 1. The van der Waals surface area contributed by atoms with Crippen molar-refractivity contribution < 1.29 is 0 Å². The van der Waals surface area contributed by atoms with Gasteiger partial charge in [-0.3, -0.25) is 0 Å². The van der Waals surface area contributed by atoms with Crippen molar-refractivity contribution in [2.45, 2.75) is 0 Å². The van der Waals surface area contributed by atoms with Crippen LogP contribution in [0.3, 0.4) is 0 Å². The van der Waals surface area contributed by atoms with Gasteiger partial charge in [0.15, 0.2) is 0 Å². The van der Waals surface area contributed by atoms with Crippen LogP contribution in [-0.4, -0.2) is 4.98 Å². The van der Waals surface area contributed by atoms with Gasteiger partial charge >= 0.3 is 0 Å². The van der Waals surface area contributed by atoms with E-state index in [-0.39, 0.29) is 0 Å². The Morgan fingerprint density at radius 2 is 1.36 bits per heavy atom. The Kier molecular flexibility index (Phi) is 3.32. The minimum absolute atomic E-state index is 1.02. The molecule has 118 valence electrons. The van der Waals surface area contributed by atoms with Crippen molar-refractivity contribution in [2.75, 3.05) is 0 Å². The standard InChI is InChI=1S/C23H14BrN/c24-20-8-2-6-17(13-20)16-5-1-7-18(12-16)22-14-19-11-10-15-4-3-9-21(25-22)23(15)19/h1-14H. The van der Waals surface area contributed by atoms with Gasteiger partial charge in [0, 0.05) is 15.4 Å². The van der Waals surface area contributed by atoms with Gasteiger partial charge in [-0.25, -0.2) is 4.98 Å². The number of nitrogens with zero attached hydrogens (tertiary/aromatic N) is 1. The summed E-state index contributed by atoms with van der Waals surface area (Å²) >= 11 is 3.55. The Bertz CT molecular complexity index is 1160. The number of benzene rings is 3. The third-order valence-corrected chi connectivity index (χ3v) is 5.15. The first-order valence-electron chi connectivity index (χ1n) is 8.26. The first-order chi connectivity index (χ1) is 12.3. The van der Waals surface area contributed by atoms with Crippen molar-refractivity contribution in [2.24, 2.45) is 0 Å². The van der Waals surface area contributed by atoms with Gasteiger partial charge < -0.3 is 0 Å². The Morgan fingerprint density at radius 1 is 0.640 bits per heavy atom. The van der Waals surface area contributed by atoms with Crippen molar-refractivity contribution in [1.29, 1.82) is 0 Å². The van der Waals surface area contributed by atoms with Gasteiger partial charge in [-0.1, -0.05) is 70.5 Å². The van der Waals surface area contributed by atoms with Crippen LogP contribution in [0.15, 0.2) is 77.3 Å². The van der Waals surface area contributed by atoms with Crippen LogP contribution in [0.2, 0.25) is 0 Å². The minimum atomic E-state index is 1.02. The molecule has 1 aliphatic carbocycles. The molecular weight excluding hydrogens is 370 g/mol. The van der Waals surface area contributed by atoms with Crippen LogP contribution in [0.4, 0.5) is 0 Å². The summed E-state index contributed by atoms with van der Waals surface area (Å²) in [6, 6.07) is 25.5. The predicted molar refractivity (Wildman–Crippen MR) is 109 cm³/mol. The third-order valence-electron chi connectivity index (χ3n) is 4.66. The monoisotopic (exact) mass is 383 g/mol. The van der Waals surface area contributed by atoms with E-state index in [1.54, 1.807) is 0 Å². The molecule has 0 atom stereocenters. The van der Waals surface area contributed by atoms with Crippen molar-refractivity contribution >= 4 is 39.0 Å². The molecule has 0 radical (unpaired) electrons. The molecule has 1 aliphatic rings. The molecule has 0 spiro atoms. The highest BCUT2D eigenvalue weighted by molar-refractivity contribution is 9.10. The fraction of sp³-hybridized carbons (Fsp3) is 0. The van der Waals surface area contributed by atoms with E-state index < -0.39 is 0 Å². The molecular formula is C23H14BrN. The normalized spacial score (nSPS) is 12.0. The second kappa shape index (κ2) is 5.68. The molecule has 0 aliphatic heterocycles. The number of pyridine rings is 1. The summed E-state index contributed by atoms with van der Waals surface area (Å²) in [6.07, 6.45) is 4.35. The van der Waals surface area contributed by atoms with Crippen LogP contribution in [0.1, 0.15) is 11.1 Å². The maximum absolute atomic E-state index is 4.91. The Morgan fingerprint density at radius 3 is 2.24 bits per heavy atom. The van der Waals surface area contributed by atoms with Crippen LogP contribution in [0.25, 0.3) is 45.4 Å². The lowest BCUT2D eigenvalue weighted by molar-refractivity contribution is 1.39. The summed E-state index contributed by atoms with van der Waals surface area (Å²) in [5.41, 5.74) is 8.12. The molecule has 0 N–H and O–H groups in total. The maximum Gasteiger partial charge on any atom is 0.0721 e. The van der Waals surface area contributed by atoms with E-state index in [0.29, 0.717) is 0 Å². The van der Waals surface area contributed by atoms with Crippen LogP contribution >= 0.6 is 15.9 Å². The summed E-state index contributed by atoms with van der Waals surface area (Å²) in [6.45, 7) is 0. The molecule has 0 saturated heterocycles. The zero-order valence-electron chi connectivity index (χ0n) is 13.4. The molecule has 5 rings (SSSR count). The predicted octanol–water partition coefficient (Wildman–Crippen LogP) is 6.82. The topological polar surface area (TPSA) is 12.9 Å². The van der Waals surface area contributed by atoms with E-state index in [2.05, 4.69) is 94.8 Å². The second-order valence-electron chi connectivity index (χ2n) is 6.26. The molecule has 0 amide bonds.